The fourth-order valence-electron chi connectivity index (χ4n) is 3.74. The van der Waals surface area contributed by atoms with Gasteiger partial charge < -0.3 is 10.0 Å². The Balaban J connectivity index is 1.61. The second-order valence-electron chi connectivity index (χ2n) is 7.44. The molecule has 6 nitrogen and oxygen atoms in total. The van der Waals surface area contributed by atoms with Crippen LogP contribution in [0.4, 0.5) is 0 Å². The number of rotatable bonds is 6. The zero-order valence-corrected chi connectivity index (χ0v) is 17.5. The second-order valence-corrected chi connectivity index (χ2v) is 7.88. The Morgan fingerprint density at radius 3 is 2.37 bits per heavy atom. The molecular weight excluding hydrogens is 400 g/mol. The van der Waals surface area contributed by atoms with Crippen molar-refractivity contribution in [1.82, 2.24) is 19.6 Å². The number of aliphatic hydroxyl groups is 1. The van der Waals surface area contributed by atoms with Gasteiger partial charge in [0.05, 0.1) is 18.7 Å². The highest BCUT2D eigenvalue weighted by atomic mass is 35.5. The first-order valence-electron chi connectivity index (χ1n) is 10.1. The molecule has 1 aliphatic heterocycles. The quantitative estimate of drug-likeness (QED) is 0.660. The van der Waals surface area contributed by atoms with Crippen molar-refractivity contribution < 1.29 is 9.90 Å². The number of piperazine rings is 1. The molecule has 156 valence electrons. The molecule has 1 aromatic heterocycles. The zero-order valence-electron chi connectivity index (χ0n) is 16.7. The number of hydrogen-bond acceptors (Lipinski definition) is 4. The van der Waals surface area contributed by atoms with Crippen molar-refractivity contribution in [3.05, 3.63) is 76.9 Å². The highest BCUT2D eigenvalue weighted by Crippen LogP contribution is 2.26. The van der Waals surface area contributed by atoms with E-state index in [1.807, 2.05) is 70.4 Å². The summed E-state index contributed by atoms with van der Waals surface area (Å²) in [5.41, 5.74) is 3.27. The summed E-state index contributed by atoms with van der Waals surface area (Å²) in [6.45, 7) is 4.19. The molecule has 1 fully saturated rings. The molecule has 0 atom stereocenters. The van der Waals surface area contributed by atoms with Gasteiger partial charge in [0.25, 0.3) is 5.91 Å². The van der Waals surface area contributed by atoms with Gasteiger partial charge in [-0.3, -0.25) is 14.4 Å². The predicted molar refractivity (Wildman–Crippen MR) is 118 cm³/mol. The predicted octanol–water partition coefficient (Wildman–Crippen LogP) is 3.00. The van der Waals surface area contributed by atoms with Crippen molar-refractivity contribution in [3.63, 3.8) is 0 Å². The fourth-order valence-corrected chi connectivity index (χ4v) is 3.86. The van der Waals surface area contributed by atoms with Gasteiger partial charge in [-0.2, -0.15) is 5.10 Å². The lowest BCUT2D eigenvalue weighted by Gasteiger charge is -2.34. The standard InChI is InChI=1S/C23H25ClN4O2/c24-20-8-6-19(7-9-20)22-21(17-28(25-22)16-18-4-2-1-3-5-18)23(30)27-12-10-26(11-13-27)14-15-29/h1-9,17,29H,10-16H2. The van der Waals surface area contributed by atoms with Crippen LogP contribution in [0.3, 0.4) is 0 Å². The lowest BCUT2D eigenvalue weighted by molar-refractivity contribution is 0.0615. The molecule has 2 aromatic carbocycles. The SMILES string of the molecule is O=C(c1cn(Cc2ccccc2)nc1-c1ccc(Cl)cc1)N1CCN(CCO)CC1. The minimum absolute atomic E-state index is 0.0112. The van der Waals surface area contributed by atoms with Gasteiger partial charge in [-0.05, 0) is 17.7 Å². The summed E-state index contributed by atoms with van der Waals surface area (Å²) in [4.78, 5) is 17.4. The molecule has 30 heavy (non-hydrogen) atoms. The lowest BCUT2D eigenvalue weighted by Crippen LogP contribution is -2.49. The van der Waals surface area contributed by atoms with Crippen LogP contribution < -0.4 is 0 Å². The molecule has 0 radical (unpaired) electrons. The van der Waals surface area contributed by atoms with Crippen molar-refractivity contribution in [2.45, 2.75) is 6.54 Å². The Morgan fingerprint density at radius 2 is 1.70 bits per heavy atom. The third-order valence-electron chi connectivity index (χ3n) is 5.37. The molecule has 1 N–H and O–H groups in total. The summed E-state index contributed by atoms with van der Waals surface area (Å²) < 4.78 is 1.83. The summed E-state index contributed by atoms with van der Waals surface area (Å²) in [7, 11) is 0. The van der Waals surface area contributed by atoms with Gasteiger partial charge in [0.2, 0.25) is 0 Å². The molecule has 0 bridgehead atoms. The van der Waals surface area contributed by atoms with Crippen molar-refractivity contribution >= 4 is 17.5 Å². The van der Waals surface area contributed by atoms with Crippen molar-refractivity contribution in [1.29, 1.82) is 0 Å². The number of β-amino-alcohol motifs (C(OH)–C–C–N with tert-alkyl or cyclic N) is 1. The molecule has 1 saturated heterocycles. The number of nitrogens with zero attached hydrogens (tertiary/aromatic N) is 4. The molecule has 1 aliphatic rings. The molecular formula is C23H25ClN4O2. The van der Waals surface area contributed by atoms with Gasteiger partial charge in [-0.15, -0.1) is 0 Å². The van der Waals surface area contributed by atoms with E-state index in [-0.39, 0.29) is 12.5 Å². The van der Waals surface area contributed by atoms with Gasteiger partial charge in [0, 0.05) is 49.5 Å². The van der Waals surface area contributed by atoms with E-state index in [1.54, 1.807) is 0 Å². The maximum absolute atomic E-state index is 13.4. The molecule has 0 aliphatic carbocycles. The fraction of sp³-hybridized carbons (Fsp3) is 0.304. The normalized spacial score (nSPS) is 14.8. The summed E-state index contributed by atoms with van der Waals surface area (Å²) in [6, 6.07) is 17.5. The van der Waals surface area contributed by atoms with E-state index in [2.05, 4.69) is 4.90 Å². The lowest BCUT2D eigenvalue weighted by atomic mass is 10.1. The van der Waals surface area contributed by atoms with Gasteiger partial charge >= 0.3 is 0 Å². The van der Waals surface area contributed by atoms with Crippen LogP contribution in [0, 0.1) is 0 Å². The highest BCUT2D eigenvalue weighted by Gasteiger charge is 2.26. The van der Waals surface area contributed by atoms with Crippen molar-refractivity contribution in [3.8, 4) is 11.3 Å². The number of halogens is 1. The van der Waals surface area contributed by atoms with Crippen LogP contribution in [0.15, 0.2) is 60.8 Å². The summed E-state index contributed by atoms with van der Waals surface area (Å²) in [6.07, 6.45) is 1.85. The van der Waals surface area contributed by atoms with E-state index in [0.29, 0.717) is 42.5 Å². The molecule has 0 spiro atoms. The number of hydrogen-bond donors (Lipinski definition) is 1. The van der Waals surface area contributed by atoms with Gasteiger partial charge in [0.15, 0.2) is 0 Å². The molecule has 1 amide bonds. The van der Waals surface area contributed by atoms with E-state index in [9.17, 15) is 4.79 Å². The van der Waals surface area contributed by atoms with Gasteiger partial charge in [0.1, 0.15) is 5.69 Å². The first-order valence-corrected chi connectivity index (χ1v) is 10.5. The summed E-state index contributed by atoms with van der Waals surface area (Å²) >= 11 is 6.05. The second kappa shape index (κ2) is 9.43. The highest BCUT2D eigenvalue weighted by molar-refractivity contribution is 6.30. The number of carbonyl (C=O) groups is 1. The van der Waals surface area contributed by atoms with Crippen molar-refractivity contribution in [2.75, 3.05) is 39.3 Å². The average Bonchev–Trinajstić information content (AvgIpc) is 3.19. The number of amides is 1. The maximum Gasteiger partial charge on any atom is 0.257 e. The van der Waals surface area contributed by atoms with Crippen LogP contribution in [0.1, 0.15) is 15.9 Å². The minimum atomic E-state index is -0.0112. The number of benzene rings is 2. The Morgan fingerprint density at radius 1 is 1.00 bits per heavy atom. The molecule has 0 saturated carbocycles. The topological polar surface area (TPSA) is 61.6 Å². The number of aromatic nitrogens is 2. The minimum Gasteiger partial charge on any atom is -0.395 e. The van der Waals surface area contributed by atoms with Crippen LogP contribution in [0.25, 0.3) is 11.3 Å². The third kappa shape index (κ3) is 4.73. The van der Waals surface area contributed by atoms with Crippen LogP contribution in [-0.4, -0.2) is 69.9 Å². The maximum atomic E-state index is 13.4. The van der Waals surface area contributed by atoms with Crippen LogP contribution in [-0.2, 0) is 6.54 Å². The average molecular weight is 425 g/mol. The van der Waals surface area contributed by atoms with E-state index in [4.69, 9.17) is 21.8 Å². The third-order valence-corrected chi connectivity index (χ3v) is 5.62. The Labute approximate surface area is 181 Å². The van der Waals surface area contributed by atoms with Crippen LogP contribution in [0.5, 0.6) is 0 Å². The van der Waals surface area contributed by atoms with Crippen LogP contribution in [0.2, 0.25) is 5.02 Å². The summed E-state index contributed by atoms with van der Waals surface area (Å²) in [5.74, 6) is -0.0112. The Hall–Kier alpha value is -2.67. The van der Waals surface area contributed by atoms with E-state index >= 15 is 0 Å². The first kappa shape index (κ1) is 20.6. The van der Waals surface area contributed by atoms with E-state index in [0.717, 1.165) is 24.2 Å². The Kier molecular flexibility index (Phi) is 6.47. The molecule has 0 unspecified atom stereocenters. The van der Waals surface area contributed by atoms with E-state index < -0.39 is 0 Å². The van der Waals surface area contributed by atoms with Gasteiger partial charge in [-0.1, -0.05) is 54.1 Å². The van der Waals surface area contributed by atoms with E-state index in [1.165, 1.54) is 0 Å². The first-order chi connectivity index (χ1) is 14.6. The van der Waals surface area contributed by atoms with Crippen LogP contribution >= 0.6 is 11.6 Å². The van der Waals surface area contributed by atoms with Gasteiger partial charge in [-0.25, -0.2) is 0 Å². The molecule has 2 heterocycles. The Bertz CT molecular complexity index is 980. The summed E-state index contributed by atoms with van der Waals surface area (Å²) in [5, 5.41) is 14.5. The molecule has 3 aromatic rings. The zero-order chi connectivity index (χ0) is 20.9. The molecule has 7 heteroatoms. The molecule has 4 rings (SSSR count). The number of carbonyl (C=O) groups excluding carboxylic acids is 1. The number of aliphatic hydroxyl groups excluding tert-OH is 1. The largest absolute Gasteiger partial charge is 0.395 e. The smallest absolute Gasteiger partial charge is 0.257 e. The van der Waals surface area contributed by atoms with Crippen molar-refractivity contribution in [2.24, 2.45) is 0 Å². The monoisotopic (exact) mass is 424 g/mol.